The molecule has 0 bridgehead atoms. The molecule has 0 amide bonds. The molecule has 6 aliphatic heterocycles. The summed E-state index contributed by atoms with van der Waals surface area (Å²) in [6.45, 7) is 21.5. The predicted molar refractivity (Wildman–Crippen MR) is 226 cm³/mol. The first-order valence-electron chi connectivity index (χ1n) is 18.4. The number of fused-ring (bicyclic) bond motifs is 6. The molecule has 0 aromatic heterocycles. The Morgan fingerprint density at radius 3 is 0.661 bits per heavy atom. The first kappa shape index (κ1) is 41.3. The lowest BCUT2D eigenvalue weighted by molar-refractivity contribution is 0.0668. The van der Waals surface area contributed by atoms with Gasteiger partial charge in [0.2, 0.25) is 0 Å². The van der Waals surface area contributed by atoms with Crippen molar-refractivity contribution in [3.63, 3.8) is 0 Å². The van der Waals surface area contributed by atoms with Crippen LogP contribution in [-0.2, 0) is 5.60 Å². The number of thioether (sulfide) groups is 6. The Morgan fingerprint density at radius 2 is 0.525 bits per heavy atom. The highest BCUT2D eigenvalue weighted by Crippen LogP contribution is 2.72. The molecule has 0 saturated heterocycles. The Bertz CT molecular complexity index is 2130. The number of ether oxygens (including phenoxy) is 6. The highest BCUT2D eigenvalue weighted by Gasteiger charge is 2.60. The van der Waals surface area contributed by atoms with Crippen LogP contribution in [0.15, 0.2) is 29.4 Å². The van der Waals surface area contributed by atoms with E-state index >= 15 is 5.11 Å². The standard InChI is InChI=1S/C40H40O13S6/c1-34(2)48-19-13(31(41)42)20-26(55-35(3,4)49-20)16(25(19)54-34)40(47,17-27-21(50-36(5,6)56-27)14(32(43)44)22-28(17)57-37(7,8)51-22)18-29-23(52-38(9,10)58-29)15(33(45)46)24-30(18)59-39(11,12)53-24/h47H,1-12H3,(H,41,42)(H,43,44)(H,45,46). The summed E-state index contributed by atoms with van der Waals surface area (Å²) in [4.78, 5) is 35.6. The number of benzene rings is 3. The van der Waals surface area contributed by atoms with Crippen molar-refractivity contribution in [3.8, 4) is 34.5 Å². The molecular formula is C40H40O13S6. The van der Waals surface area contributed by atoms with E-state index in [9.17, 15) is 29.7 Å². The summed E-state index contributed by atoms with van der Waals surface area (Å²) in [5, 5.41) is 47.6. The zero-order chi connectivity index (χ0) is 43.1. The number of carbonyl (C=O) groups is 3. The minimum atomic E-state index is -2.42. The van der Waals surface area contributed by atoms with Crippen LogP contribution < -0.4 is 28.4 Å². The van der Waals surface area contributed by atoms with Gasteiger partial charge in [-0.1, -0.05) is 70.6 Å². The summed E-state index contributed by atoms with van der Waals surface area (Å²) in [5.74, 6) is -3.93. The third-order valence-corrected chi connectivity index (χ3v) is 16.9. The monoisotopic (exact) mass is 920 g/mol. The van der Waals surface area contributed by atoms with E-state index in [0.717, 1.165) is 0 Å². The number of rotatable bonds is 6. The predicted octanol–water partition coefficient (Wildman–Crippen LogP) is 10.4. The first-order chi connectivity index (χ1) is 27.0. The molecule has 0 saturated carbocycles. The van der Waals surface area contributed by atoms with Gasteiger partial charge in [0.25, 0.3) is 0 Å². The smallest absolute Gasteiger partial charge is 0.343 e. The van der Waals surface area contributed by atoms with E-state index in [1.54, 1.807) is 83.1 Å². The normalized spacial score (nSPS) is 21.9. The van der Waals surface area contributed by atoms with Gasteiger partial charge in [-0.2, -0.15) is 0 Å². The van der Waals surface area contributed by atoms with E-state index in [1.807, 2.05) is 0 Å². The molecule has 3 aromatic carbocycles. The second-order valence-corrected chi connectivity index (χ2v) is 27.0. The SMILES string of the molecule is CC1(C)Oc2c(c(C(O)(c3c4c(c(C(=O)O)c5c3SC(C)(C)O5)OC(C)(C)S4)c3c4c(c(C(=O)O)c5c3SC(C)(C)O5)OC(C)(C)S4)c3c(c2C(=O)O)OC(C)(C)S3)S1. The molecule has 59 heavy (non-hydrogen) atoms. The van der Waals surface area contributed by atoms with Gasteiger partial charge in [0.15, 0.2) is 64.1 Å². The maximum absolute atomic E-state index is 15.1. The van der Waals surface area contributed by atoms with Crippen molar-refractivity contribution in [2.75, 3.05) is 0 Å². The molecule has 314 valence electrons. The van der Waals surface area contributed by atoms with Crippen LogP contribution in [0.5, 0.6) is 34.5 Å². The summed E-state index contributed by atoms with van der Waals surface area (Å²) in [6, 6.07) is 0. The summed E-state index contributed by atoms with van der Waals surface area (Å²) in [5.41, 5.74) is -2.40. The van der Waals surface area contributed by atoms with Crippen LogP contribution in [0, 0.1) is 0 Å². The second kappa shape index (κ2) is 12.3. The van der Waals surface area contributed by atoms with Crippen LogP contribution in [0.25, 0.3) is 0 Å². The Hall–Kier alpha value is -3.07. The molecule has 0 atom stereocenters. The molecule has 9 rings (SSSR count). The van der Waals surface area contributed by atoms with E-state index in [1.165, 1.54) is 70.6 Å². The van der Waals surface area contributed by atoms with Gasteiger partial charge >= 0.3 is 17.9 Å². The van der Waals surface area contributed by atoms with Gasteiger partial charge in [-0.3, -0.25) is 0 Å². The van der Waals surface area contributed by atoms with Crippen LogP contribution in [0.3, 0.4) is 0 Å². The molecule has 0 unspecified atom stereocenters. The second-order valence-electron chi connectivity index (χ2n) is 17.4. The van der Waals surface area contributed by atoms with Gasteiger partial charge in [-0.15, -0.1) is 0 Å². The number of hydrogen-bond acceptors (Lipinski definition) is 16. The van der Waals surface area contributed by atoms with Crippen LogP contribution in [0.4, 0.5) is 0 Å². The third-order valence-electron chi connectivity index (χ3n) is 9.86. The third kappa shape index (κ3) is 6.09. The molecule has 0 radical (unpaired) electrons. The number of carboxylic acids is 3. The molecule has 19 heteroatoms. The van der Waals surface area contributed by atoms with Crippen molar-refractivity contribution >= 4 is 88.5 Å². The molecule has 6 aliphatic rings. The zero-order valence-corrected chi connectivity index (χ0v) is 38.8. The molecule has 0 aliphatic carbocycles. The van der Waals surface area contributed by atoms with Crippen molar-refractivity contribution in [2.24, 2.45) is 0 Å². The highest BCUT2D eigenvalue weighted by atomic mass is 32.2. The van der Waals surface area contributed by atoms with E-state index < -0.39 is 53.1 Å². The molecular weight excluding hydrogens is 881 g/mol. The van der Waals surface area contributed by atoms with Crippen LogP contribution in [0.1, 0.15) is 131 Å². The van der Waals surface area contributed by atoms with Crippen molar-refractivity contribution in [2.45, 2.75) is 148 Å². The maximum Gasteiger partial charge on any atom is 0.343 e. The largest absolute Gasteiger partial charge is 0.477 e. The van der Waals surface area contributed by atoms with E-state index in [2.05, 4.69) is 0 Å². The van der Waals surface area contributed by atoms with Gasteiger partial charge in [0, 0.05) is 16.7 Å². The van der Waals surface area contributed by atoms with Crippen molar-refractivity contribution < 1.29 is 63.2 Å². The van der Waals surface area contributed by atoms with Gasteiger partial charge < -0.3 is 48.8 Å². The lowest BCUT2D eigenvalue weighted by atomic mass is 9.77. The van der Waals surface area contributed by atoms with Crippen molar-refractivity contribution in [3.05, 3.63) is 33.4 Å². The maximum atomic E-state index is 15.1. The number of aliphatic hydroxyl groups is 1. The highest BCUT2D eigenvalue weighted by molar-refractivity contribution is 8.02. The zero-order valence-electron chi connectivity index (χ0n) is 33.9. The Morgan fingerprint density at radius 1 is 0.373 bits per heavy atom. The summed E-state index contributed by atoms with van der Waals surface area (Å²) < 4.78 is 39.0. The van der Waals surface area contributed by atoms with Gasteiger partial charge in [0.05, 0.1) is 29.4 Å². The molecule has 13 nitrogen and oxygen atoms in total. The summed E-state index contributed by atoms with van der Waals surface area (Å²) >= 11 is 7.36. The van der Waals surface area contributed by atoms with Crippen LogP contribution >= 0.6 is 70.6 Å². The average molecular weight is 921 g/mol. The average Bonchev–Trinajstić information content (AvgIpc) is 3.85. The van der Waals surface area contributed by atoms with E-state index in [4.69, 9.17) is 28.4 Å². The molecule has 0 fully saturated rings. The Balaban J connectivity index is 1.57. The fraction of sp³-hybridized carbons (Fsp3) is 0.475. The number of carboxylic acid groups (broad SMARTS) is 3. The number of aromatic carboxylic acids is 3. The fourth-order valence-electron chi connectivity index (χ4n) is 8.17. The molecule has 0 spiro atoms. The molecule has 3 aromatic rings. The summed E-state index contributed by atoms with van der Waals surface area (Å²) in [7, 11) is 0. The Labute approximate surface area is 365 Å². The van der Waals surface area contributed by atoms with Crippen LogP contribution in [0.2, 0.25) is 0 Å². The van der Waals surface area contributed by atoms with E-state index in [-0.39, 0.29) is 67.9 Å². The lowest BCUT2D eigenvalue weighted by Crippen LogP contribution is -2.33. The van der Waals surface area contributed by atoms with Crippen molar-refractivity contribution in [1.82, 2.24) is 0 Å². The number of hydrogen-bond donors (Lipinski definition) is 4. The Kier molecular flexibility index (Phi) is 8.61. The van der Waals surface area contributed by atoms with Crippen LogP contribution in [-0.4, -0.2) is 67.9 Å². The van der Waals surface area contributed by atoms with Crippen molar-refractivity contribution in [1.29, 1.82) is 0 Å². The van der Waals surface area contributed by atoms with Gasteiger partial charge in [-0.25, -0.2) is 14.4 Å². The topological polar surface area (TPSA) is 188 Å². The fourth-order valence-corrected chi connectivity index (χ4v) is 15.6. The minimum Gasteiger partial charge on any atom is -0.477 e. The molecule has 4 N–H and O–H groups in total. The van der Waals surface area contributed by atoms with Gasteiger partial charge in [0.1, 0.15) is 22.3 Å². The summed E-state index contributed by atoms with van der Waals surface area (Å²) in [6.07, 6.45) is 0. The molecule has 6 heterocycles. The van der Waals surface area contributed by atoms with E-state index in [0.29, 0.717) is 29.4 Å². The first-order valence-corrected chi connectivity index (χ1v) is 23.3. The lowest BCUT2D eigenvalue weighted by Gasteiger charge is -2.37. The van der Waals surface area contributed by atoms with Gasteiger partial charge in [-0.05, 0) is 83.1 Å². The minimum absolute atomic E-state index is 0.00852. The quantitative estimate of drug-likeness (QED) is 0.171.